The molecule has 1 amide bonds. The van der Waals surface area contributed by atoms with E-state index in [0.29, 0.717) is 10.8 Å². The Balaban J connectivity index is 2.00. The molecule has 0 fully saturated rings. The molecule has 0 radical (unpaired) electrons. The Bertz CT molecular complexity index is 958. The van der Waals surface area contributed by atoms with Crippen LogP contribution in [0.3, 0.4) is 0 Å². The average molecular weight is 340 g/mol. The molecule has 0 aliphatic rings. The van der Waals surface area contributed by atoms with E-state index < -0.39 is 5.91 Å². The second-order valence-corrected chi connectivity index (χ2v) is 6.43. The smallest absolute Gasteiger partial charge is 0.267 e. The Morgan fingerprint density at radius 3 is 2.67 bits per heavy atom. The molecule has 0 saturated heterocycles. The van der Waals surface area contributed by atoms with E-state index in [-0.39, 0.29) is 17.3 Å². The van der Waals surface area contributed by atoms with Gasteiger partial charge in [0.1, 0.15) is 0 Å². The zero-order valence-electron chi connectivity index (χ0n) is 13.3. The van der Waals surface area contributed by atoms with E-state index in [1.165, 1.54) is 16.0 Å². The van der Waals surface area contributed by atoms with Crippen LogP contribution in [0.15, 0.2) is 51.7 Å². The van der Waals surface area contributed by atoms with Crippen molar-refractivity contribution in [3.8, 4) is 0 Å². The molecule has 2 aromatic heterocycles. The van der Waals surface area contributed by atoms with Crippen molar-refractivity contribution in [2.45, 2.75) is 19.9 Å². The van der Waals surface area contributed by atoms with Crippen molar-refractivity contribution in [2.75, 3.05) is 0 Å². The predicted octanol–water partition coefficient (Wildman–Crippen LogP) is 2.80. The Labute approximate surface area is 142 Å². The lowest BCUT2D eigenvalue weighted by atomic mass is 10.1. The summed E-state index contributed by atoms with van der Waals surface area (Å²) in [5.74, 6) is -0.451. The van der Waals surface area contributed by atoms with Crippen LogP contribution in [-0.2, 0) is 0 Å². The zero-order valence-corrected chi connectivity index (χ0v) is 14.1. The standard InChI is InChI=1S/C17H16N4O2S/c1-11(2)21-17(23)14-8-4-3-7-13(14)15(20-21)16(22)19-18-10-12-6-5-9-24-12/h3-11H,1-2H3,(H,19,22)/b18-10-. The highest BCUT2D eigenvalue weighted by molar-refractivity contribution is 7.11. The fourth-order valence-electron chi connectivity index (χ4n) is 2.30. The highest BCUT2D eigenvalue weighted by Crippen LogP contribution is 2.14. The third-order valence-corrected chi connectivity index (χ3v) is 4.24. The lowest BCUT2D eigenvalue weighted by Gasteiger charge is -2.12. The van der Waals surface area contributed by atoms with Gasteiger partial charge in [0, 0.05) is 10.3 Å². The van der Waals surface area contributed by atoms with E-state index in [0.717, 1.165) is 4.88 Å². The molecule has 2 heterocycles. The third kappa shape index (κ3) is 3.11. The van der Waals surface area contributed by atoms with Gasteiger partial charge in [0.05, 0.1) is 17.6 Å². The first-order valence-corrected chi connectivity index (χ1v) is 8.34. The third-order valence-electron chi connectivity index (χ3n) is 3.43. The van der Waals surface area contributed by atoms with Crippen LogP contribution < -0.4 is 11.0 Å². The van der Waals surface area contributed by atoms with Gasteiger partial charge in [0.25, 0.3) is 11.5 Å². The number of hydrogen-bond acceptors (Lipinski definition) is 5. The summed E-state index contributed by atoms with van der Waals surface area (Å²) in [4.78, 5) is 25.9. The molecule has 1 N–H and O–H groups in total. The molecule has 6 nitrogen and oxygen atoms in total. The van der Waals surface area contributed by atoms with Crippen LogP contribution in [0, 0.1) is 0 Å². The number of benzene rings is 1. The van der Waals surface area contributed by atoms with Gasteiger partial charge in [-0.15, -0.1) is 11.3 Å². The number of nitrogens with one attached hydrogen (secondary N) is 1. The lowest BCUT2D eigenvalue weighted by Crippen LogP contribution is -2.30. The van der Waals surface area contributed by atoms with Crippen LogP contribution in [0.5, 0.6) is 0 Å². The van der Waals surface area contributed by atoms with Crippen molar-refractivity contribution in [3.05, 3.63) is 62.7 Å². The molecule has 0 unspecified atom stereocenters. The summed E-state index contributed by atoms with van der Waals surface area (Å²) in [7, 11) is 0. The summed E-state index contributed by atoms with van der Waals surface area (Å²) in [5.41, 5.74) is 2.45. The van der Waals surface area contributed by atoms with E-state index in [1.54, 1.807) is 30.5 Å². The number of hydrogen-bond donors (Lipinski definition) is 1. The van der Waals surface area contributed by atoms with Gasteiger partial charge in [-0.1, -0.05) is 24.3 Å². The van der Waals surface area contributed by atoms with Crippen LogP contribution in [-0.4, -0.2) is 21.9 Å². The summed E-state index contributed by atoms with van der Waals surface area (Å²) in [6, 6.07) is 10.6. The molecule has 0 aliphatic heterocycles. The number of rotatable bonds is 4. The molecule has 0 atom stereocenters. The minimum Gasteiger partial charge on any atom is -0.267 e. The molecular formula is C17H16N4O2S. The summed E-state index contributed by atoms with van der Waals surface area (Å²) in [6.45, 7) is 3.69. The SMILES string of the molecule is CC(C)n1nc(C(=O)N/N=C\c2cccs2)c2ccccc2c1=O. The summed E-state index contributed by atoms with van der Waals surface area (Å²) in [5, 5.41) is 11.1. The van der Waals surface area contributed by atoms with Crippen LogP contribution in [0.4, 0.5) is 0 Å². The normalized spacial score (nSPS) is 11.5. The first-order valence-electron chi connectivity index (χ1n) is 7.46. The van der Waals surface area contributed by atoms with Crippen LogP contribution in [0.25, 0.3) is 10.8 Å². The van der Waals surface area contributed by atoms with Crippen LogP contribution in [0.1, 0.15) is 35.3 Å². The van der Waals surface area contributed by atoms with E-state index >= 15 is 0 Å². The van der Waals surface area contributed by atoms with Gasteiger partial charge in [0.2, 0.25) is 0 Å². The quantitative estimate of drug-likeness (QED) is 0.586. The van der Waals surface area contributed by atoms with E-state index in [2.05, 4.69) is 15.6 Å². The predicted molar refractivity (Wildman–Crippen MR) is 95.8 cm³/mol. The maximum absolute atomic E-state index is 12.5. The van der Waals surface area contributed by atoms with Gasteiger partial charge >= 0.3 is 0 Å². The molecule has 7 heteroatoms. The topological polar surface area (TPSA) is 76.3 Å². The summed E-state index contributed by atoms with van der Waals surface area (Å²) < 4.78 is 1.32. The molecule has 0 bridgehead atoms. The second kappa shape index (κ2) is 6.76. The Hall–Kier alpha value is -2.80. The van der Waals surface area contributed by atoms with Gasteiger partial charge in [-0.25, -0.2) is 10.1 Å². The highest BCUT2D eigenvalue weighted by Gasteiger charge is 2.17. The molecule has 24 heavy (non-hydrogen) atoms. The monoisotopic (exact) mass is 340 g/mol. The van der Waals surface area contributed by atoms with E-state index in [4.69, 9.17) is 0 Å². The molecular weight excluding hydrogens is 324 g/mol. The Morgan fingerprint density at radius 1 is 1.25 bits per heavy atom. The number of carbonyl (C=O) groups is 1. The number of carbonyl (C=O) groups excluding carboxylic acids is 1. The largest absolute Gasteiger partial charge is 0.292 e. The summed E-state index contributed by atoms with van der Waals surface area (Å²) >= 11 is 1.52. The number of nitrogens with zero attached hydrogens (tertiary/aromatic N) is 3. The number of hydrazone groups is 1. The van der Waals surface area contributed by atoms with E-state index in [9.17, 15) is 9.59 Å². The molecule has 0 spiro atoms. The number of thiophene rings is 1. The second-order valence-electron chi connectivity index (χ2n) is 5.45. The number of aromatic nitrogens is 2. The molecule has 0 aliphatic carbocycles. The van der Waals surface area contributed by atoms with Gasteiger partial charge < -0.3 is 0 Å². The van der Waals surface area contributed by atoms with Crippen molar-refractivity contribution >= 4 is 34.2 Å². The highest BCUT2D eigenvalue weighted by atomic mass is 32.1. The first-order chi connectivity index (χ1) is 11.6. The lowest BCUT2D eigenvalue weighted by molar-refractivity contribution is 0.0949. The molecule has 1 aromatic carbocycles. The van der Waals surface area contributed by atoms with Crippen molar-refractivity contribution in [2.24, 2.45) is 5.10 Å². The van der Waals surface area contributed by atoms with Crippen molar-refractivity contribution in [1.82, 2.24) is 15.2 Å². The van der Waals surface area contributed by atoms with Crippen molar-refractivity contribution in [3.63, 3.8) is 0 Å². The maximum Gasteiger partial charge on any atom is 0.292 e. The average Bonchev–Trinajstić information content (AvgIpc) is 3.08. The molecule has 3 aromatic rings. The number of amides is 1. The zero-order chi connectivity index (χ0) is 17.1. The van der Waals surface area contributed by atoms with Gasteiger partial charge in [0.15, 0.2) is 5.69 Å². The fraction of sp³-hybridized carbons (Fsp3) is 0.176. The van der Waals surface area contributed by atoms with E-state index in [1.807, 2.05) is 31.4 Å². The van der Waals surface area contributed by atoms with Crippen LogP contribution >= 0.6 is 11.3 Å². The summed E-state index contributed by atoms with van der Waals surface area (Å²) in [6.07, 6.45) is 1.57. The first kappa shape index (κ1) is 16.1. The molecule has 0 saturated carbocycles. The minimum absolute atomic E-state index is 0.150. The Kier molecular flexibility index (Phi) is 4.52. The van der Waals surface area contributed by atoms with Crippen LogP contribution in [0.2, 0.25) is 0 Å². The fourth-order valence-corrected chi connectivity index (χ4v) is 2.88. The number of fused-ring (bicyclic) bond motifs is 1. The minimum atomic E-state index is -0.451. The van der Waals surface area contributed by atoms with Gasteiger partial charge in [-0.3, -0.25) is 9.59 Å². The molecule has 3 rings (SSSR count). The maximum atomic E-state index is 12.5. The van der Waals surface area contributed by atoms with Crippen molar-refractivity contribution in [1.29, 1.82) is 0 Å². The van der Waals surface area contributed by atoms with Gasteiger partial charge in [-0.2, -0.15) is 10.2 Å². The van der Waals surface area contributed by atoms with Crippen molar-refractivity contribution < 1.29 is 4.79 Å². The molecule has 122 valence electrons. The van der Waals surface area contributed by atoms with Gasteiger partial charge in [-0.05, 0) is 31.4 Å². The Morgan fingerprint density at radius 2 is 2.00 bits per heavy atom.